The van der Waals surface area contributed by atoms with E-state index in [0.29, 0.717) is 10.6 Å². The molecule has 15 heavy (non-hydrogen) atoms. The molecule has 2 heterocycles. The largest absolute Gasteiger partial charge is 0.380 e. The van der Waals surface area contributed by atoms with Crippen molar-refractivity contribution in [3.05, 3.63) is 10.5 Å². The Hall–Kier alpha value is -0.320. The number of ether oxygens (including phenoxy) is 1. The van der Waals surface area contributed by atoms with Crippen molar-refractivity contribution in [1.29, 1.82) is 0 Å². The second kappa shape index (κ2) is 3.34. The minimum Gasteiger partial charge on any atom is -0.380 e. The molecule has 2 atom stereocenters. The summed E-state index contributed by atoms with van der Waals surface area (Å²) in [6, 6.07) is 0. The Kier molecular flexibility index (Phi) is 2.20. The normalized spacial score (nSPS) is 32.8. The van der Waals surface area contributed by atoms with Crippen LogP contribution in [0.5, 0.6) is 0 Å². The summed E-state index contributed by atoms with van der Waals surface area (Å²) >= 11 is 7.41. The molecule has 0 bridgehead atoms. The van der Waals surface area contributed by atoms with Crippen LogP contribution in [0.15, 0.2) is 5.38 Å². The van der Waals surface area contributed by atoms with E-state index < -0.39 is 0 Å². The van der Waals surface area contributed by atoms with Gasteiger partial charge in [0.2, 0.25) is 0 Å². The first-order chi connectivity index (χ1) is 7.20. The molecule has 1 saturated heterocycles. The Labute approximate surface area is 98.0 Å². The summed E-state index contributed by atoms with van der Waals surface area (Å²) < 4.78 is 5.48. The SMILES string of the molecule is CN(CC12COCC1C2)c1nc(Cl)cs1. The number of fused-ring (bicyclic) bond motifs is 1. The summed E-state index contributed by atoms with van der Waals surface area (Å²) in [5.41, 5.74) is 0.424. The molecule has 1 aromatic heterocycles. The molecule has 5 heteroatoms. The fourth-order valence-electron chi connectivity index (χ4n) is 2.45. The highest BCUT2D eigenvalue weighted by molar-refractivity contribution is 7.14. The van der Waals surface area contributed by atoms with Gasteiger partial charge >= 0.3 is 0 Å². The van der Waals surface area contributed by atoms with E-state index in [1.165, 1.54) is 6.42 Å². The lowest BCUT2D eigenvalue weighted by Gasteiger charge is -2.21. The van der Waals surface area contributed by atoms with E-state index in [9.17, 15) is 0 Å². The van der Waals surface area contributed by atoms with Crippen LogP contribution in [0.25, 0.3) is 0 Å². The van der Waals surface area contributed by atoms with Crippen LogP contribution in [0, 0.1) is 11.3 Å². The van der Waals surface area contributed by atoms with Gasteiger partial charge in [-0.2, -0.15) is 0 Å². The number of anilines is 1. The number of halogens is 1. The number of nitrogens with zero attached hydrogens (tertiary/aromatic N) is 2. The predicted octanol–water partition coefficient (Wildman–Crippen LogP) is 2.27. The van der Waals surface area contributed by atoms with Gasteiger partial charge in [-0.05, 0) is 12.3 Å². The molecule has 0 aromatic carbocycles. The van der Waals surface area contributed by atoms with Gasteiger partial charge in [-0.1, -0.05) is 11.6 Å². The van der Waals surface area contributed by atoms with Gasteiger partial charge in [-0.15, -0.1) is 11.3 Å². The van der Waals surface area contributed by atoms with Crippen molar-refractivity contribution in [3.63, 3.8) is 0 Å². The van der Waals surface area contributed by atoms with Crippen molar-refractivity contribution in [2.45, 2.75) is 6.42 Å². The van der Waals surface area contributed by atoms with Gasteiger partial charge in [-0.3, -0.25) is 0 Å². The number of hydrogen-bond acceptors (Lipinski definition) is 4. The standard InChI is InChI=1S/C10H13ClN2OS/c1-13(9-12-8(11)4-15-9)5-10-2-7(10)3-14-6-10/h4,7H,2-3,5-6H2,1H3. The maximum atomic E-state index is 5.81. The molecule has 2 aliphatic rings. The molecule has 82 valence electrons. The van der Waals surface area contributed by atoms with Crippen LogP contribution >= 0.6 is 22.9 Å². The summed E-state index contributed by atoms with van der Waals surface area (Å²) in [7, 11) is 2.08. The highest BCUT2D eigenvalue weighted by Crippen LogP contribution is 2.57. The van der Waals surface area contributed by atoms with E-state index in [1.54, 1.807) is 11.3 Å². The van der Waals surface area contributed by atoms with Gasteiger partial charge in [0.05, 0.1) is 13.2 Å². The van der Waals surface area contributed by atoms with E-state index in [4.69, 9.17) is 16.3 Å². The van der Waals surface area contributed by atoms with Gasteiger partial charge in [0, 0.05) is 24.4 Å². The van der Waals surface area contributed by atoms with Crippen LogP contribution in [0.3, 0.4) is 0 Å². The molecule has 2 fully saturated rings. The maximum absolute atomic E-state index is 5.81. The van der Waals surface area contributed by atoms with Crippen molar-refractivity contribution < 1.29 is 4.74 Å². The Morgan fingerprint density at radius 3 is 3.20 bits per heavy atom. The van der Waals surface area contributed by atoms with Gasteiger partial charge in [0.1, 0.15) is 5.15 Å². The lowest BCUT2D eigenvalue weighted by atomic mass is 10.1. The zero-order valence-corrected chi connectivity index (χ0v) is 10.1. The second-order valence-corrected chi connectivity index (χ2v) is 5.81. The minimum atomic E-state index is 0.424. The maximum Gasteiger partial charge on any atom is 0.186 e. The average Bonchev–Trinajstić information content (AvgIpc) is 2.62. The van der Waals surface area contributed by atoms with Crippen molar-refractivity contribution in [2.24, 2.45) is 11.3 Å². The Balaban J connectivity index is 1.69. The van der Waals surface area contributed by atoms with E-state index in [2.05, 4.69) is 16.9 Å². The van der Waals surface area contributed by atoms with E-state index >= 15 is 0 Å². The number of rotatable bonds is 3. The average molecular weight is 245 g/mol. The first-order valence-corrected chi connectivity index (χ1v) is 6.35. The first kappa shape index (κ1) is 9.87. The minimum absolute atomic E-state index is 0.424. The molecular weight excluding hydrogens is 232 g/mol. The summed E-state index contributed by atoms with van der Waals surface area (Å²) in [6.45, 7) is 2.91. The molecule has 1 saturated carbocycles. The molecule has 1 aliphatic heterocycles. The Morgan fingerprint density at radius 2 is 2.67 bits per heavy atom. The molecule has 3 rings (SSSR count). The molecule has 1 aromatic rings. The smallest absolute Gasteiger partial charge is 0.186 e. The highest BCUT2D eigenvalue weighted by atomic mass is 35.5. The molecule has 3 nitrogen and oxygen atoms in total. The van der Waals surface area contributed by atoms with Gasteiger partial charge in [0.25, 0.3) is 0 Å². The fraction of sp³-hybridized carbons (Fsp3) is 0.700. The van der Waals surface area contributed by atoms with Crippen LogP contribution in [0.4, 0.5) is 5.13 Å². The lowest BCUT2D eigenvalue weighted by Crippen LogP contribution is -2.28. The van der Waals surface area contributed by atoms with Crippen LogP contribution in [-0.2, 0) is 4.74 Å². The highest BCUT2D eigenvalue weighted by Gasteiger charge is 2.58. The second-order valence-electron chi connectivity index (χ2n) is 4.59. The van der Waals surface area contributed by atoms with E-state index in [-0.39, 0.29) is 0 Å². The number of aromatic nitrogens is 1. The van der Waals surface area contributed by atoms with Crippen molar-refractivity contribution in [3.8, 4) is 0 Å². The van der Waals surface area contributed by atoms with Gasteiger partial charge in [0.15, 0.2) is 5.13 Å². The monoisotopic (exact) mass is 244 g/mol. The summed E-state index contributed by atoms with van der Waals surface area (Å²) in [5, 5.41) is 3.47. The number of thiazole rings is 1. The molecule has 0 amide bonds. The lowest BCUT2D eigenvalue weighted by molar-refractivity contribution is 0.148. The van der Waals surface area contributed by atoms with Gasteiger partial charge in [-0.25, -0.2) is 4.98 Å². The number of hydrogen-bond donors (Lipinski definition) is 0. The molecule has 0 N–H and O–H groups in total. The Morgan fingerprint density at radius 1 is 1.80 bits per heavy atom. The van der Waals surface area contributed by atoms with Gasteiger partial charge < -0.3 is 9.64 Å². The molecular formula is C10H13ClN2OS. The van der Waals surface area contributed by atoms with E-state index in [1.807, 2.05) is 5.38 Å². The topological polar surface area (TPSA) is 25.4 Å². The van der Waals surface area contributed by atoms with Crippen LogP contribution in [-0.4, -0.2) is 31.8 Å². The van der Waals surface area contributed by atoms with Crippen LogP contribution in [0.2, 0.25) is 5.15 Å². The third kappa shape index (κ3) is 1.65. The Bertz CT molecular complexity index is 383. The molecule has 1 aliphatic carbocycles. The summed E-state index contributed by atoms with van der Waals surface area (Å²) in [6.07, 6.45) is 1.32. The molecule has 0 spiro atoms. The van der Waals surface area contributed by atoms with Crippen LogP contribution < -0.4 is 4.90 Å². The van der Waals surface area contributed by atoms with Crippen molar-refractivity contribution in [2.75, 3.05) is 31.7 Å². The summed E-state index contributed by atoms with van der Waals surface area (Å²) in [4.78, 5) is 6.47. The van der Waals surface area contributed by atoms with E-state index in [0.717, 1.165) is 30.8 Å². The van der Waals surface area contributed by atoms with Crippen LogP contribution in [0.1, 0.15) is 6.42 Å². The zero-order chi connectivity index (χ0) is 10.5. The third-order valence-electron chi connectivity index (χ3n) is 3.41. The summed E-state index contributed by atoms with van der Waals surface area (Å²) in [5.74, 6) is 0.787. The van der Waals surface area contributed by atoms with Crippen molar-refractivity contribution in [1.82, 2.24) is 4.98 Å². The quantitative estimate of drug-likeness (QED) is 0.816. The predicted molar refractivity (Wildman–Crippen MR) is 61.8 cm³/mol. The first-order valence-electron chi connectivity index (χ1n) is 5.09. The third-order valence-corrected chi connectivity index (χ3v) is 4.69. The zero-order valence-electron chi connectivity index (χ0n) is 8.57. The molecule has 2 unspecified atom stereocenters. The molecule has 0 radical (unpaired) electrons. The van der Waals surface area contributed by atoms with Crippen molar-refractivity contribution >= 4 is 28.1 Å². The fourth-order valence-corrected chi connectivity index (χ4v) is 3.36.